The van der Waals surface area contributed by atoms with Crippen molar-refractivity contribution < 1.29 is 23.6 Å². The van der Waals surface area contributed by atoms with Crippen LogP contribution in [0.15, 0.2) is 78.9 Å². The molecule has 8 nitrogen and oxygen atoms in total. The Balaban J connectivity index is 1.50. The smallest absolute Gasteiger partial charge is 0.247 e. The highest BCUT2D eigenvalue weighted by Crippen LogP contribution is 2.25. The Hall–Kier alpha value is -4.37. The van der Waals surface area contributed by atoms with Gasteiger partial charge in [-0.05, 0) is 49.1 Å². The third-order valence-electron chi connectivity index (χ3n) is 7.24. The minimum absolute atomic E-state index is 0.0158. The number of carbonyl (C=O) groups is 4. The molecule has 3 amide bonds. The van der Waals surface area contributed by atoms with Crippen LogP contribution in [0.3, 0.4) is 0 Å². The highest BCUT2D eigenvalue weighted by molar-refractivity contribution is 6.00. The Labute approximate surface area is 239 Å². The molecule has 3 aromatic carbocycles. The Morgan fingerprint density at radius 2 is 1.56 bits per heavy atom. The summed E-state index contributed by atoms with van der Waals surface area (Å²) in [6.07, 6.45) is 1.76. The van der Waals surface area contributed by atoms with Crippen molar-refractivity contribution in [3.05, 3.63) is 101 Å². The standard InChI is InChI=1S/C32H35FN4O4/c33-25-14-6-7-15-26(25)35-31(40)27(16-8-9-19-34)36-32(41)28-20-23-12-4-5-13-24(23)21-37(28)30(39)18-17-29(38)22-10-2-1-3-11-22/h1-7,10-15,27-28H,8-9,16-21,34H2,(H,35,40)(H,36,41)/t27-,28-/m0/s1. The number of nitrogens with zero attached hydrogens (tertiary/aromatic N) is 1. The molecule has 214 valence electrons. The predicted octanol–water partition coefficient (Wildman–Crippen LogP) is 3.99. The number of carbonyl (C=O) groups excluding carboxylic acids is 4. The normalized spacial score (nSPS) is 15.0. The van der Waals surface area contributed by atoms with E-state index in [0.29, 0.717) is 31.4 Å². The number of nitrogens with one attached hydrogen (secondary N) is 2. The SMILES string of the molecule is NCCCC[C@H](NC(=O)[C@@H]1Cc2ccccc2CN1C(=O)CCC(=O)c1ccccc1)C(=O)Nc1ccccc1F. The van der Waals surface area contributed by atoms with Crippen LogP contribution in [0.4, 0.5) is 10.1 Å². The van der Waals surface area contributed by atoms with E-state index in [1.807, 2.05) is 30.3 Å². The van der Waals surface area contributed by atoms with E-state index in [1.165, 1.54) is 23.1 Å². The Morgan fingerprint density at radius 1 is 0.878 bits per heavy atom. The van der Waals surface area contributed by atoms with Gasteiger partial charge in [0.1, 0.15) is 17.9 Å². The van der Waals surface area contributed by atoms with Gasteiger partial charge in [0.05, 0.1) is 5.69 Å². The van der Waals surface area contributed by atoms with Gasteiger partial charge >= 0.3 is 0 Å². The zero-order valence-corrected chi connectivity index (χ0v) is 22.9. The second-order valence-corrected chi connectivity index (χ2v) is 10.1. The molecule has 0 radical (unpaired) electrons. The van der Waals surface area contributed by atoms with E-state index in [-0.39, 0.29) is 43.2 Å². The van der Waals surface area contributed by atoms with Crippen molar-refractivity contribution in [2.24, 2.45) is 5.73 Å². The largest absolute Gasteiger partial charge is 0.342 e. The summed E-state index contributed by atoms with van der Waals surface area (Å²) in [5.41, 5.74) is 8.04. The van der Waals surface area contributed by atoms with Crippen LogP contribution >= 0.6 is 0 Å². The average Bonchev–Trinajstić information content (AvgIpc) is 3.00. The minimum atomic E-state index is -0.956. The maximum Gasteiger partial charge on any atom is 0.247 e. The van der Waals surface area contributed by atoms with Crippen LogP contribution in [-0.4, -0.2) is 47.0 Å². The van der Waals surface area contributed by atoms with Crippen molar-refractivity contribution in [1.29, 1.82) is 0 Å². The molecule has 3 aromatic rings. The summed E-state index contributed by atoms with van der Waals surface area (Å²) in [4.78, 5) is 54.4. The van der Waals surface area contributed by atoms with Gasteiger partial charge < -0.3 is 21.3 Å². The first kappa shape index (κ1) is 29.6. The van der Waals surface area contributed by atoms with Crippen molar-refractivity contribution >= 4 is 29.2 Å². The van der Waals surface area contributed by atoms with Crippen LogP contribution < -0.4 is 16.4 Å². The highest BCUT2D eigenvalue weighted by Gasteiger charge is 2.36. The van der Waals surface area contributed by atoms with Gasteiger partial charge in [-0.2, -0.15) is 0 Å². The number of Topliss-reactive ketones (excluding diaryl/α,β-unsaturated/α-hetero) is 1. The van der Waals surface area contributed by atoms with Gasteiger partial charge in [-0.25, -0.2) is 4.39 Å². The molecule has 0 fully saturated rings. The summed E-state index contributed by atoms with van der Waals surface area (Å²) in [5, 5.41) is 5.38. The number of rotatable bonds is 12. The van der Waals surface area contributed by atoms with Gasteiger partial charge in [-0.15, -0.1) is 0 Å². The van der Waals surface area contributed by atoms with Gasteiger partial charge in [0.15, 0.2) is 5.78 Å². The molecule has 0 saturated carbocycles. The van der Waals surface area contributed by atoms with Crippen molar-refractivity contribution in [2.45, 2.75) is 57.2 Å². The molecule has 0 aliphatic carbocycles. The molecule has 4 rings (SSSR count). The van der Waals surface area contributed by atoms with E-state index in [1.54, 1.807) is 30.3 Å². The van der Waals surface area contributed by atoms with Crippen LogP contribution in [0, 0.1) is 5.82 Å². The summed E-state index contributed by atoms with van der Waals surface area (Å²) in [6.45, 7) is 0.644. The van der Waals surface area contributed by atoms with E-state index in [0.717, 1.165) is 11.1 Å². The Kier molecular flexibility index (Phi) is 10.3. The molecule has 1 aliphatic heterocycles. The first-order chi connectivity index (χ1) is 19.9. The fourth-order valence-corrected chi connectivity index (χ4v) is 4.96. The van der Waals surface area contributed by atoms with Crippen LogP contribution in [0.2, 0.25) is 0 Å². The molecule has 0 aromatic heterocycles. The maximum atomic E-state index is 14.2. The second-order valence-electron chi connectivity index (χ2n) is 10.1. The molecule has 2 atom stereocenters. The zero-order chi connectivity index (χ0) is 29.2. The topological polar surface area (TPSA) is 122 Å². The summed E-state index contributed by atoms with van der Waals surface area (Å²) in [6, 6.07) is 20.3. The summed E-state index contributed by atoms with van der Waals surface area (Å²) >= 11 is 0. The highest BCUT2D eigenvalue weighted by atomic mass is 19.1. The van der Waals surface area contributed by atoms with Gasteiger partial charge in [-0.1, -0.05) is 66.7 Å². The van der Waals surface area contributed by atoms with Crippen molar-refractivity contribution in [3.63, 3.8) is 0 Å². The van der Waals surface area contributed by atoms with Gasteiger partial charge in [-0.3, -0.25) is 19.2 Å². The van der Waals surface area contributed by atoms with Crippen LogP contribution in [0.25, 0.3) is 0 Å². The number of fused-ring (bicyclic) bond motifs is 1. The number of halogens is 1. The number of para-hydroxylation sites is 1. The van der Waals surface area contributed by atoms with Crippen molar-refractivity contribution in [3.8, 4) is 0 Å². The lowest BCUT2D eigenvalue weighted by atomic mass is 9.92. The van der Waals surface area contributed by atoms with Crippen molar-refractivity contribution in [2.75, 3.05) is 11.9 Å². The Bertz CT molecular complexity index is 1380. The molecule has 1 aliphatic rings. The maximum absolute atomic E-state index is 14.2. The summed E-state index contributed by atoms with van der Waals surface area (Å²) < 4.78 is 14.2. The molecule has 4 N–H and O–H groups in total. The lowest BCUT2D eigenvalue weighted by Gasteiger charge is -2.37. The van der Waals surface area contributed by atoms with Gasteiger partial charge in [0.2, 0.25) is 17.7 Å². The number of ketones is 1. The van der Waals surface area contributed by atoms with E-state index in [4.69, 9.17) is 5.73 Å². The summed E-state index contributed by atoms with van der Waals surface area (Å²) in [5.74, 6) is -2.09. The lowest BCUT2D eigenvalue weighted by molar-refractivity contribution is -0.142. The van der Waals surface area contributed by atoms with Gasteiger partial charge in [0.25, 0.3) is 0 Å². The summed E-state index contributed by atoms with van der Waals surface area (Å²) in [7, 11) is 0. The third-order valence-corrected chi connectivity index (χ3v) is 7.24. The first-order valence-corrected chi connectivity index (χ1v) is 13.9. The number of unbranched alkanes of at least 4 members (excludes halogenated alkanes) is 1. The minimum Gasteiger partial charge on any atom is -0.342 e. The number of anilines is 1. The van der Waals surface area contributed by atoms with Gasteiger partial charge in [0, 0.05) is 31.4 Å². The van der Waals surface area contributed by atoms with Crippen LogP contribution in [0.1, 0.15) is 53.6 Å². The molecule has 0 spiro atoms. The predicted molar refractivity (Wildman–Crippen MR) is 154 cm³/mol. The average molecular weight is 559 g/mol. The molecule has 0 saturated heterocycles. The fraction of sp³-hybridized carbons (Fsp3) is 0.312. The molecule has 1 heterocycles. The second kappa shape index (κ2) is 14.3. The van der Waals surface area contributed by atoms with E-state index in [2.05, 4.69) is 10.6 Å². The van der Waals surface area contributed by atoms with E-state index in [9.17, 15) is 23.6 Å². The third kappa shape index (κ3) is 7.85. The van der Waals surface area contributed by atoms with E-state index >= 15 is 0 Å². The fourth-order valence-electron chi connectivity index (χ4n) is 4.96. The van der Waals surface area contributed by atoms with Crippen molar-refractivity contribution in [1.82, 2.24) is 10.2 Å². The number of hydrogen-bond acceptors (Lipinski definition) is 5. The molecule has 9 heteroatoms. The molecule has 0 unspecified atom stereocenters. The van der Waals surface area contributed by atoms with Crippen LogP contribution in [0.5, 0.6) is 0 Å². The number of benzene rings is 3. The van der Waals surface area contributed by atoms with E-state index < -0.39 is 29.7 Å². The monoisotopic (exact) mass is 558 g/mol. The molecular weight excluding hydrogens is 523 g/mol. The number of nitrogens with two attached hydrogens (primary N) is 1. The lowest BCUT2D eigenvalue weighted by Crippen LogP contribution is -2.56. The van der Waals surface area contributed by atoms with Crippen LogP contribution in [-0.2, 0) is 27.3 Å². The zero-order valence-electron chi connectivity index (χ0n) is 22.9. The Morgan fingerprint density at radius 3 is 2.29 bits per heavy atom. The molecule has 41 heavy (non-hydrogen) atoms. The molecule has 0 bridgehead atoms. The molecular formula is C32H35FN4O4. The number of hydrogen-bond donors (Lipinski definition) is 3. The quantitative estimate of drug-likeness (QED) is 0.229. The number of amides is 3. The first-order valence-electron chi connectivity index (χ1n) is 13.9.